The first-order chi connectivity index (χ1) is 9.74. The molecule has 0 radical (unpaired) electrons. The smallest absolute Gasteiger partial charge is 0.320 e. The third kappa shape index (κ3) is 2.80. The summed E-state index contributed by atoms with van der Waals surface area (Å²) in [5.41, 5.74) is 0. The number of urea groups is 1. The van der Waals surface area contributed by atoms with Gasteiger partial charge in [-0.2, -0.15) is 5.10 Å². The van der Waals surface area contributed by atoms with Crippen LogP contribution in [-0.2, 0) is 6.54 Å². The van der Waals surface area contributed by atoms with Gasteiger partial charge in [0.15, 0.2) is 0 Å². The summed E-state index contributed by atoms with van der Waals surface area (Å²) in [5.74, 6) is 0. The van der Waals surface area contributed by atoms with Crippen LogP contribution in [-0.4, -0.2) is 76.3 Å². The molecule has 2 aliphatic rings. The lowest BCUT2D eigenvalue weighted by Gasteiger charge is -2.36. The van der Waals surface area contributed by atoms with E-state index in [9.17, 15) is 4.79 Å². The maximum atomic E-state index is 12.0. The van der Waals surface area contributed by atoms with E-state index in [1.807, 2.05) is 35.1 Å². The van der Waals surface area contributed by atoms with Crippen molar-refractivity contribution >= 4 is 6.03 Å². The van der Waals surface area contributed by atoms with E-state index in [0.29, 0.717) is 6.04 Å². The molecule has 0 unspecified atom stereocenters. The molecule has 0 aromatic carbocycles. The van der Waals surface area contributed by atoms with Crippen molar-refractivity contribution in [2.24, 2.45) is 0 Å². The van der Waals surface area contributed by atoms with E-state index in [1.54, 1.807) is 0 Å². The monoisotopic (exact) mass is 277 g/mol. The third-order valence-electron chi connectivity index (χ3n) is 4.45. The summed E-state index contributed by atoms with van der Waals surface area (Å²) < 4.78 is 1.98. The summed E-state index contributed by atoms with van der Waals surface area (Å²) in [7, 11) is 1.89. The molecule has 2 amide bonds. The van der Waals surface area contributed by atoms with Gasteiger partial charge in [0, 0.05) is 58.2 Å². The number of rotatable bonds is 4. The molecule has 2 aliphatic heterocycles. The van der Waals surface area contributed by atoms with Gasteiger partial charge in [-0.3, -0.25) is 4.68 Å². The predicted molar refractivity (Wildman–Crippen MR) is 76.4 cm³/mol. The Balaban J connectivity index is 1.44. The standard InChI is InChI=1S/C14H23N5O/c1-16-9-12-19(14(16)20)13-3-7-17(8-4-13)10-11-18-6-2-5-15-18/h2,5-6,13H,3-4,7-12H2,1H3. The predicted octanol–water partition coefficient (Wildman–Crippen LogP) is 0.715. The topological polar surface area (TPSA) is 44.6 Å². The van der Waals surface area contributed by atoms with E-state index in [0.717, 1.165) is 52.1 Å². The van der Waals surface area contributed by atoms with Crippen LogP contribution in [0, 0.1) is 0 Å². The molecule has 0 atom stereocenters. The second-order valence-electron chi connectivity index (χ2n) is 5.74. The fraction of sp³-hybridized carbons (Fsp3) is 0.714. The minimum Gasteiger partial charge on any atom is -0.326 e. The minimum absolute atomic E-state index is 0.208. The summed E-state index contributed by atoms with van der Waals surface area (Å²) >= 11 is 0. The Morgan fingerprint density at radius 3 is 2.60 bits per heavy atom. The zero-order chi connectivity index (χ0) is 13.9. The maximum absolute atomic E-state index is 12.0. The molecule has 6 nitrogen and oxygen atoms in total. The van der Waals surface area contributed by atoms with Crippen LogP contribution in [0.15, 0.2) is 18.5 Å². The fourth-order valence-electron chi connectivity index (χ4n) is 3.14. The van der Waals surface area contributed by atoms with Gasteiger partial charge in [-0.1, -0.05) is 0 Å². The van der Waals surface area contributed by atoms with E-state index in [1.165, 1.54) is 0 Å². The first-order valence-corrected chi connectivity index (χ1v) is 7.45. The first kappa shape index (κ1) is 13.4. The Hall–Kier alpha value is -1.56. The fourth-order valence-corrected chi connectivity index (χ4v) is 3.14. The SMILES string of the molecule is CN1CCN(C2CCN(CCn3cccn3)CC2)C1=O. The Labute approximate surface area is 119 Å². The lowest BCUT2D eigenvalue weighted by molar-refractivity contribution is 0.128. The molecule has 0 saturated carbocycles. The molecule has 2 saturated heterocycles. The lowest BCUT2D eigenvalue weighted by atomic mass is 10.0. The van der Waals surface area contributed by atoms with Gasteiger partial charge in [0.1, 0.15) is 0 Å². The molecule has 3 heterocycles. The van der Waals surface area contributed by atoms with E-state index >= 15 is 0 Å². The average molecular weight is 277 g/mol. The molecule has 0 bridgehead atoms. The van der Waals surface area contributed by atoms with Crippen molar-refractivity contribution in [1.82, 2.24) is 24.5 Å². The number of hydrogen-bond acceptors (Lipinski definition) is 3. The van der Waals surface area contributed by atoms with Crippen LogP contribution in [0.4, 0.5) is 4.79 Å². The zero-order valence-electron chi connectivity index (χ0n) is 12.1. The van der Waals surface area contributed by atoms with Crippen molar-refractivity contribution in [3.8, 4) is 0 Å². The third-order valence-corrected chi connectivity index (χ3v) is 4.45. The highest BCUT2D eigenvalue weighted by atomic mass is 16.2. The average Bonchev–Trinajstić information content (AvgIpc) is 3.09. The van der Waals surface area contributed by atoms with Gasteiger partial charge >= 0.3 is 6.03 Å². The molecule has 6 heteroatoms. The summed E-state index contributed by atoms with van der Waals surface area (Å²) in [4.78, 5) is 18.4. The molecule has 20 heavy (non-hydrogen) atoms. The van der Waals surface area contributed by atoms with E-state index in [-0.39, 0.29) is 6.03 Å². The highest BCUT2D eigenvalue weighted by molar-refractivity contribution is 5.76. The molecule has 3 rings (SSSR count). The van der Waals surface area contributed by atoms with Crippen LogP contribution in [0.2, 0.25) is 0 Å². The van der Waals surface area contributed by atoms with Crippen LogP contribution < -0.4 is 0 Å². The Kier molecular flexibility index (Phi) is 3.91. The largest absolute Gasteiger partial charge is 0.326 e. The zero-order valence-corrected chi connectivity index (χ0v) is 12.1. The molecule has 110 valence electrons. The lowest BCUT2D eigenvalue weighted by Crippen LogP contribution is -2.46. The Bertz CT molecular complexity index is 438. The molecular formula is C14H23N5O. The van der Waals surface area contributed by atoms with Crippen LogP contribution in [0.1, 0.15) is 12.8 Å². The second kappa shape index (κ2) is 5.83. The molecule has 0 spiro atoms. The molecule has 1 aromatic heterocycles. The van der Waals surface area contributed by atoms with Gasteiger partial charge in [0.25, 0.3) is 0 Å². The van der Waals surface area contributed by atoms with Gasteiger partial charge in [-0.15, -0.1) is 0 Å². The number of likely N-dealkylation sites (N-methyl/N-ethyl adjacent to an activating group) is 1. The van der Waals surface area contributed by atoms with Gasteiger partial charge in [-0.25, -0.2) is 4.79 Å². The number of hydrogen-bond donors (Lipinski definition) is 0. The van der Waals surface area contributed by atoms with Crippen molar-refractivity contribution in [1.29, 1.82) is 0 Å². The van der Waals surface area contributed by atoms with Gasteiger partial charge in [0.2, 0.25) is 0 Å². The Morgan fingerprint density at radius 2 is 2.00 bits per heavy atom. The molecule has 0 aliphatic carbocycles. The number of aromatic nitrogens is 2. The van der Waals surface area contributed by atoms with Crippen LogP contribution >= 0.6 is 0 Å². The molecule has 1 aromatic rings. The Morgan fingerprint density at radius 1 is 1.20 bits per heavy atom. The maximum Gasteiger partial charge on any atom is 0.320 e. The number of nitrogens with zero attached hydrogens (tertiary/aromatic N) is 5. The summed E-state index contributed by atoms with van der Waals surface area (Å²) in [5, 5.41) is 4.23. The number of carbonyl (C=O) groups is 1. The van der Waals surface area contributed by atoms with E-state index < -0.39 is 0 Å². The van der Waals surface area contributed by atoms with Crippen LogP contribution in [0.5, 0.6) is 0 Å². The molecule has 2 fully saturated rings. The van der Waals surface area contributed by atoms with Gasteiger partial charge in [0.05, 0.1) is 6.54 Å². The van der Waals surface area contributed by atoms with Gasteiger partial charge < -0.3 is 14.7 Å². The minimum atomic E-state index is 0.208. The van der Waals surface area contributed by atoms with E-state index in [4.69, 9.17) is 0 Å². The van der Waals surface area contributed by atoms with Crippen LogP contribution in [0.3, 0.4) is 0 Å². The molecular weight excluding hydrogens is 254 g/mol. The quantitative estimate of drug-likeness (QED) is 0.814. The van der Waals surface area contributed by atoms with Crippen LogP contribution in [0.25, 0.3) is 0 Å². The second-order valence-corrected chi connectivity index (χ2v) is 5.74. The number of likely N-dealkylation sites (tertiary alicyclic amines) is 1. The van der Waals surface area contributed by atoms with Crippen molar-refractivity contribution in [3.63, 3.8) is 0 Å². The summed E-state index contributed by atoms with van der Waals surface area (Å²) in [6.45, 7) is 5.93. The summed E-state index contributed by atoms with van der Waals surface area (Å²) in [6.07, 6.45) is 6.02. The van der Waals surface area contributed by atoms with Crippen molar-refractivity contribution in [3.05, 3.63) is 18.5 Å². The molecule has 0 N–H and O–H groups in total. The van der Waals surface area contributed by atoms with Crippen molar-refractivity contribution in [2.75, 3.05) is 39.8 Å². The number of amides is 2. The van der Waals surface area contributed by atoms with Crippen molar-refractivity contribution in [2.45, 2.75) is 25.4 Å². The normalized spacial score (nSPS) is 21.9. The highest BCUT2D eigenvalue weighted by Gasteiger charge is 2.33. The number of carbonyl (C=O) groups excluding carboxylic acids is 1. The van der Waals surface area contributed by atoms with Crippen molar-refractivity contribution < 1.29 is 4.79 Å². The first-order valence-electron chi connectivity index (χ1n) is 7.45. The summed E-state index contributed by atoms with van der Waals surface area (Å²) in [6, 6.07) is 2.61. The van der Waals surface area contributed by atoms with E-state index in [2.05, 4.69) is 14.9 Å². The number of piperidine rings is 1. The van der Waals surface area contributed by atoms with Gasteiger partial charge in [-0.05, 0) is 18.9 Å². The highest BCUT2D eigenvalue weighted by Crippen LogP contribution is 2.20.